The van der Waals surface area contributed by atoms with Gasteiger partial charge in [-0.05, 0) is 74.5 Å². The highest BCUT2D eigenvalue weighted by atomic mass is 35.5. The predicted octanol–water partition coefficient (Wildman–Crippen LogP) is 3.39. The lowest BCUT2D eigenvalue weighted by Gasteiger charge is -2.22. The van der Waals surface area contributed by atoms with Crippen LogP contribution in [-0.4, -0.2) is 68.6 Å². The molecule has 12 heteroatoms. The molecule has 11 nitrogen and oxygen atoms in total. The number of halogens is 1. The lowest BCUT2D eigenvalue weighted by Crippen LogP contribution is -2.45. The van der Waals surface area contributed by atoms with Crippen LogP contribution in [0.4, 0.5) is 9.59 Å². The number of hydrogen-bond acceptors (Lipinski definition) is 8. The number of benzene rings is 1. The number of amides is 2. The third-order valence-electron chi connectivity index (χ3n) is 4.56. The third-order valence-corrected chi connectivity index (χ3v) is 4.81. The second-order valence-corrected chi connectivity index (χ2v) is 7.32. The first-order valence-corrected chi connectivity index (χ1v) is 11.0. The molecule has 33 heavy (non-hydrogen) atoms. The van der Waals surface area contributed by atoms with Crippen LogP contribution in [-0.2, 0) is 9.47 Å². The van der Waals surface area contributed by atoms with Gasteiger partial charge in [-0.15, -0.1) is 15.0 Å². The Bertz CT molecular complexity index is 1000. The number of allylic oxidation sites excluding steroid dienone is 2. The first kappa shape index (κ1) is 24.1. The molecule has 176 valence electrons. The van der Waals surface area contributed by atoms with Gasteiger partial charge in [-0.3, -0.25) is 0 Å². The minimum Gasteiger partial charge on any atom is -0.449 e. The summed E-state index contributed by atoms with van der Waals surface area (Å²) < 4.78 is 10.0. The van der Waals surface area contributed by atoms with Gasteiger partial charge < -0.3 is 14.4 Å². The molecule has 1 N–H and O–H groups in total. The van der Waals surface area contributed by atoms with Crippen molar-refractivity contribution in [1.29, 1.82) is 0 Å². The van der Waals surface area contributed by atoms with Gasteiger partial charge in [0.15, 0.2) is 0 Å². The molecule has 1 aromatic heterocycles. The number of aromatic nitrogens is 4. The van der Waals surface area contributed by atoms with E-state index in [1.54, 1.807) is 50.3 Å². The Balaban J connectivity index is 1.97. The Morgan fingerprint density at radius 1 is 1.15 bits per heavy atom. The second-order valence-electron chi connectivity index (χ2n) is 6.88. The summed E-state index contributed by atoms with van der Waals surface area (Å²) in [5.41, 5.74) is 3.15. The zero-order valence-electron chi connectivity index (χ0n) is 18.5. The molecule has 1 aliphatic heterocycles. The Kier molecular flexibility index (Phi) is 8.64. The minimum absolute atomic E-state index is 0.0841. The SMILES string of the molecule is CCOC(=O)NN(C(=O)OCC)/C(=C/C=C\N1CCCC1)c1nnn(-c2ccc(Cl)cc2)n1. The van der Waals surface area contributed by atoms with Crippen LogP contribution in [0, 0.1) is 0 Å². The highest BCUT2D eigenvalue weighted by Gasteiger charge is 2.27. The zero-order valence-corrected chi connectivity index (χ0v) is 19.2. The number of likely N-dealkylation sites (tertiary alicyclic amines) is 1. The van der Waals surface area contributed by atoms with Crippen molar-refractivity contribution in [3.05, 3.63) is 53.5 Å². The van der Waals surface area contributed by atoms with Crippen LogP contribution in [0.25, 0.3) is 11.4 Å². The van der Waals surface area contributed by atoms with Gasteiger partial charge in [-0.1, -0.05) is 11.6 Å². The monoisotopic (exact) mass is 475 g/mol. The quantitative estimate of drug-likeness (QED) is 0.478. The molecule has 0 saturated carbocycles. The standard InChI is InChI=1S/C21H26ClN7O4/c1-3-32-20(30)25-28(21(31)33-4-2)18(8-7-15-27-13-5-6-14-27)19-23-26-29(24-19)17-11-9-16(22)10-12-17/h7-12,15H,3-6,13-14H2,1-2H3,(H,25,30)/b15-7-,18-8+. The summed E-state index contributed by atoms with van der Waals surface area (Å²) >= 11 is 5.95. The molecular formula is C21H26ClN7O4. The average molecular weight is 476 g/mol. The fourth-order valence-electron chi connectivity index (χ4n) is 3.04. The lowest BCUT2D eigenvalue weighted by molar-refractivity contribution is 0.0957. The van der Waals surface area contributed by atoms with E-state index < -0.39 is 12.2 Å². The third kappa shape index (κ3) is 6.69. The van der Waals surface area contributed by atoms with Crippen molar-refractivity contribution >= 4 is 29.5 Å². The van der Waals surface area contributed by atoms with E-state index in [2.05, 4.69) is 25.7 Å². The van der Waals surface area contributed by atoms with Crippen molar-refractivity contribution in [3.8, 4) is 5.69 Å². The Morgan fingerprint density at radius 3 is 2.52 bits per heavy atom. The summed E-state index contributed by atoms with van der Waals surface area (Å²) in [6.45, 7) is 5.44. The lowest BCUT2D eigenvalue weighted by atomic mass is 10.3. The van der Waals surface area contributed by atoms with E-state index in [-0.39, 0.29) is 24.7 Å². The van der Waals surface area contributed by atoms with E-state index in [1.165, 1.54) is 4.80 Å². The number of hydrazine groups is 1. The number of tetrazole rings is 1. The van der Waals surface area contributed by atoms with Crippen LogP contribution >= 0.6 is 11.6 Å². The van der Waals surface area contributed by atoms with E-state index in [0.717, 1.165) is 30.9 Å². The maximum Gasteiger partial charge on any atom is 0.433 e. The van der Waals surface area contributed by atoms with Crippen molar-refractivity contribution in [2.75, 3.05) is 26.3 Å². The maximum absolute atomic E-state index is 12.7. The molecule has 1 aromatic carbocycles. The molecule has 0 unspecified atom stereocenters. The second kappa shape index (κ2) is 11.9. The van der Waals surface area contributed by atoms with E-state index >= 15 is 0 Å². The van der Waals surface area contributed by atoms with Gasteiger partial charge in [0.25, 0.3) is 0 Å². The van der Waals surface area contributed by atoms with Crippen LogP contribution < -0.4 is 5.43 Å². The van der Waals surface area contributed by atoms with Crippen LogP contribution in [0.3, 0.4) is 0 Å². The molecule has 1 saturated heterocycles. The van der Waals surface area contributed by atoms with E-state index in [0.29, 0.717) is 10.7 Å². The average Bonchev–Trinajstić information content (AvgIpc) is 3.49. The molecular weight excluding hydrogens is 450 g/mol. The van der Waals surface area contributed by atoms with Gasteiger partial charge in [-0.25, -0.2) is 15.0 Å². The number of nitrogens with zero attached hydrogens (tertiary/aromatic N) is 6. The molecule has 3 rings (SSSR count). The highest BCUT2D eigenvalue weighted by Crippen LogP contribution is 2.18. The molecule has 1 aliphatic rings. The van der Waals surface area contributed by atoms with Crippen molar-refractivity contribution in [2.45, 2.75) is 26.7 Å². The van der Waals surface area contributed by atoms with Gasteiger partial charge in [-0.2, -0.15) is 5.01 Å². The van der Waals surface area contributed by atoms with Crippen molar-refractivity contribution in [3.63, 3.8) is 0 Å². The molecule has 0 spiro atoms. The molecule has 0 bridgehead atoms. The number of hydrogen-bond donors (Lipinski definition) is 1. The largest absolute Gasteiger partial charge is 0.449 e. The number of carbonyl (C=O) groups excluding carboxylic acids is 2. The number of rotatable bonds is 7. The first-order chi connectivity index (χ1) is 16.0. The fraction of sp³-hybridized carbons (Fsp3) is 0.381. The predicted molar refractivity (Wildman–Crippen MR) is 121 cm³/mol. The van der Waals surface area contributed by atoms with Gasteiger partial charge >= 0.3 is 12.2 Å². The topological polar surface area (TPSA) is 115 Å². The van der Waals surface area contributed by atoms with Crippen LogP contribution in [0.15, 0.2) is 42.6 Å². The van der Waals surface area contributed by atoms with Crippen molar-refractivity contribution < 1.29 is 19.1 Å². The number of nitrogens with one attached hydrogen (secondary N) is 1. The maximum atomic E-state index is 12.7. The van der Waals surface area contributed by atoms with E-state index in [4.69, 9.17) is 21.1 Å². The van der Waals surface area contributed by atoms with Gasteiger partial charge in [0.2, 0.25) is 5.82 Å². The smallest absolute Gasteiger partial charge is 0.433 e. The van der Waals surface area contributed by atoms with Gasteiger partial charge in [0.05, 0.1) is 18.9 Å². The molecule has 2 heterocycles. The highest BCUT2D eigenvalue weighted by molar-refractivity contribution is 6.30. The van der Waals surface area contributed by atoms with Crippen molar-refractivity contribution in [1.82, 2.24) is 35.5 Å². The molecule has 0 aliphatic carbocycles. The van der Waals surface area contributed by atoms with Gasteiger partial charge in [0.1, 0.15) is 5.70 Å². The number of ether oxygens (including phenoxy) is 2. The summed E-state index contributed by atoms with van der Waals surface area (Å²) in [5, 5.41) is 14.0. The normalized spacial score (nSPS) is 13.9. The van der Waals surface area contributed by atoms with E-state index in [9.17, 15) is 9.59 Å². The Morgan fingerprint density at radius 2 is 1.85 bits per heavy atom. The first-order valence-electron chi connectivity index (χ1n) is 10.6. The Labute approximate surface area is 196 Å². The molecule has 2 aromatic rings. The fourth-order valence-corrected chi connectivity index (χ4v) is 3.17. The molecule has 0 atom stereocenters. The summed E-state index contributed by atoms with van der Waals surface area (Å²) in [7, 11) is 0. The van der Waals surface area contributed by atoms with Gasteiger partial charge in [0, 0.05) is 18.1 Å². The molecule has 1 fully saturated rings. The van der Waals surface area contributed by atoms with Crippen molar-refractivity contribution in [2.24, 2.45) is 0 Å². The summed E-state index contributed by atoms with van der Waals surface area (Å²) in [5.74, 6) is 0.0841. The van der Waals surface area contributed by atoms with E-state index in [1.807, 2.05) is 6.20 Å². The number of carbonyl (C=O) groups is 2. The molecule has 2 amide bonds. The summed E-state index contributed by atoms with van der Waals surface area (Å²) in [4.78, 5) is 28.3. The Hall–Kier alpha value is -3.60. The van der Waals surface area contributed by atoms with Crippen LogP contribution in [0.5, 0.6) is 0 Å². The zero-order chi connectivity index (χ0) is 23.6. The summed E-state index contributed by atoms with van der Waals surface area (Å²) in [6, 6.07) is 6.85. The minimum atomic E-state index is -0.829. The van der Waals surface area contributed by atoms with Crippen LogP contribution in [0.2, 0.25) is 5.02 Å². The molecule has 0 radical (unpaired) electrons. The van der Waals surface area contributed by atoms with Crippen LogP contribution in [0.1, 0.15) is 32.5 Å². The summed E-state index contributed by atoms with van der Waals surface area (Å²) in [6.07, 6.45) is 5.85.